The summed E-state index contributed by atoms with van der Waals surface area (Å²) in [6.07, 6.45) is 1.17. The molecule has 0 unspecified atom stereocenters. The summed E-state index contributed by atoms with van der Waals surface area (Å²) in [7, 11) is -3.78. The van der Waals surface area contributed by atoms with Crippen LogP contribution in [0.1, 0.15) is 4.88 Å². The van der Waals surface area contributed by atoms with Gasteiger partial charge < -0.3 is 5.11 Å². The Morgan fingerprint density at radius 1 is 1.04 bits per heavy atom. The first-order valence-electron chi connectivity index (χ1n) is 7.29. The number of aliphatic carboxylic acids is 1. The second-order valence-corrected chi connectivity index (χ2v) is 8.00. The predicted molar refractivity (Wildman–Crippen MR) is 96.1 cm³/mol. The van der Waals surface area contributed by atoms with E-state index in [-0.39, 0.29) is 16.4 Å². The molecule has 0 fully saturated rings. The van der Waals surface area contributed by atoms with Gasteiger partial charge in [-0.25, -0.2) is 13.4 Å². The monoisotopic (exact) mass is 374 g/mol. The Bertz CT molecular complexity index is 981. The van der Waals surface area contributed by atoms with E-state index in [1.165, 1.54) is 18.3 Å². The molecule has 0 saturated carbocycles. The van der Waals surface area contributed by atoms with Gasteiger partial charge in [0.25, 0.3) is 10.0 Å². The molecular weight excluding hydrogens is 360 g/mol. The zero-order valence-corrected chi connectivity index (χ0v) is 14.5. The molecule has 25 heavy (non-hydrogen) atoms. The fourth-order valence-corrected chi connectivity index (χ4v) is 4.26. The Balaban J connectivity index is 1.78. The van der Waals surface area contributed by atoms with Gasteiger partial charge in [0.1, 0.15) is 0 Å². The van der Waals surface area contributed by atoms with Crippen LogP contribution in [0.25, 0.3) is 11.1 Å². The molecule has 3 rings (SSSR count). The summed E-state index contributed by atoms with van der Waals surface area (Å²) in [5, 5.41) is 8.89. The van der Waals surface area contributed by atoms with Crippen molar-refractivity contribution in [3.05, 3.63) is 65.7 Å². The molecular formula is C17H14N2O4S2. The molecule has 1 heterocycles. The van der Waals surface area contributed by atoms with Crippen LogP contribution in [0.2, 0.25) is 0 Å². The first-order valence-corrected chi connectivity index (χ1v) is 9.59. The molecule has 2 N–H and O–H groups in total. The molecule has 8 heteroatoms. The Morgan fingerprint density at radius 3 is 2.32 bits per heavy atom. The van der Waals surface area contributed by atoms with Gasteiger partial charge >= 0.3 is 5.97 Å². The van der Waals surface area contributed by atoms with Crippen molar-refractivity contribution in [1.82, 2.24) is 4.98 Å². The number of thiazole rings is 1. The van der Waals surface area contributed by atoms with E-state index < -0.39 is 16.0 Å². The lowest BCUT2D eigenvalue weighted by Crippen LogP contribution is -2.12. The molecule has 128 valence electrons. The van der Waals surface area contributed by atoms with Crippen molar-refractivity contribution < 1.29 is 18.3 Å². The second kappa shape index (κ2) is 7.04. The maximum absolute atomic E-state index is 12.4. The minimum Gasteiger partial charge on any atom is -0.481 e. The molecule has 0 atom stereocenters. The van der Waals surface area contributed by atoms with Crippen LogP contribution in [0.4, 0.5) is 5.13 Å². The highest BCUT2D eigenvalue weighted by atomic mass is 32.2. The van der Waals surface area contributed by atoms with Crippen LogP contribution in [0, 0.1) is 0 Å². The molecule has 0 amide bonds. The molecule has 3 aromatic rings. The largest absolute Gasteiger partial charge is 0.481 e. The number of benzene rings is 2. The van der Waals surface area contributed by atoms with E-state index in [0.717, 1.165) is 22.5 Å². The number of carboxylic acids is 1. The molecule has 0 aliphatic heterocycles. The normalized spacial score (nSPS) is 11.2. The first-order chi connectivity index (χ1) is 11.9. The third-order valence-electron chi connectivity index (χ3n) is 3.37. The fourth-order valence-electron chi connectivity index (χ4n) is 2.22. The quantitative estimate of drug-likeness (QED) is 0.690. The molecule has 6 nitrogen and oxygen atoms in total. The van der Waals surface area contributed by atoms with Crippen molar-refractivity contribution in [3.8, 4) is 11.1 Å². The van der Waals surface area contributed by atoms with Gasteiger partial charge in [-0.2, -0.15) is 0 Å². The molecule has 0 aliphatic carbocycles. The highest BCUT2D eigenvalue weighted by Crippen LogP contribution is 2.24. The Kier molecular flexibility index (Phi) is 4.82. The van der Waals surface area contributed by atoms with Gasteiger partial charge in [-0.1, -0.05) is 42.5 Å². The zero-order chi connectivity index (χ0) is 17.9. The van der Waals surface area contributed by atoms with E-state index >= 15 is 0 Å². The summed E-state index contributed by atoms with van der Waals surface area (Å²) in [5.41, 5.74) is 1.91. The van der Waals surface area contributed by atoms with Crippen molar-refractivity contribution in [3.63, 3.8) is 0 Å². The van der Waals surface area contributed by atoms with Crippen LogP contribution in [-0.2, 0) is 21.2 Å². The third-order valence-corrected chi connectivity index (χ3v) is 5.77. The summed E-state index contributed by atoms with van der Waals surface area (Å²) in [6, 6.07) is 16.2. The van der Waals surface area contributed by atoms with Gasteiger partial charge in [0, 0.05) is 11.1 Å². The molecule has 1 aromatic heterocycles. The second-order valence-electron chi connectivity index (χ2n) is 5.20. The number of anilines is 1. The van der Waals surface area contributed by atoms with Crippen molar-refractivity contribution in [2.45, 2.75) is 11.3 Å². The smallest absolute Gasteiger partial charge is 0.308 e. The van der Waals surface area contributed by atoms with Crippen molar-refractivity contribution >= 4 is 32.5 Å². The fraction of sp³-hybridized carbons (Fsp3) is 0.0588. The SMILES string of the molecule is O=C(O)Cc1cnc(NS(=O)(=O)c2ccc(-c3ccccc3)cc2)s1. The van der Waals surface area contributed by atoms with E-state index in [1.54, 1.807) is 12.1 Å². The molecule has 0 radical (unpaired) electrons. The first kappa shape index (κ1) is 17.1. The van der Waals surface area contributed by atoms with Gasteiger partial charge in [-0.15, -0.1) is 11.3 Å². The average molecular weight is 374 g/mol. The van der Waals surface area contributed by atoms with E-state index in [4.69, 9.17) is 5.11 Å². The number of sulfonamides is 1. The number of hydrogen-bond donors (Lipinski definition) is 2. The average Bonchev–Trinajstić information content (AvgIpc) is 3.01. The number of rotatable bonds is 6. The van der Waals surface area contributed by atoms with E-state index in [9.17, 15) is 13.2 Å². The number of hydrogen-bond acceptors (Lipinski definition) is 5. The van der Waals surface area contributed by atoms with Crippen LogP contribution < -0.4 is 4.72 Å². The predicted octanol–water partition coefficient (Wildman–Crippen LogP) is 3.24. The van der Waals surface area contributed by atoms with Gasteiger partial charge in [-0.3, -0.25) is 9.52 Å². The van der Waals surface area contributed by atoms with E-state index in [0.29, 0.717) is 4.88 Å². The van der Waals surface area contributed by atoms with E-state index in [2.05, 4.69) is 9.71 Å². The number of nitrogens with zero attached hydrogens (tertiary/aromatic N) is 1. The lowest BCUT2D eigenvalue weighted by atomic mass is 10.1. The van der Waals surface area contributed by atoms with Crippen molar-refractivity contribution in [2.75, 3.05) is 4.72 Å². The van der Waals surface area contributed by atoms with Crippen LogP contribution in [0.15, 0.2) is 65.7 Å². The van der Waals surface area contributed by atoms with Crippen LogP contribution >= 0.6 is 11.3 Å². The van der Waals surface area contributed by atoms with E-state index in [1.807, 2.05) is 30.3 Å². The highest BCUT2D eigenvalue weighted by molar-refractivity contribution is 7.93. The summed E-state index contributed by atoms with van der Waals surface area (Å²) in [6.45, 7) is 0. The molecule has 0 saturated heterocycles. The van der Waals surface area contributed by atoms with Crippen molar-refractivity contribution in [2.24, 2.45) is 0 Å². The molecule has 0 spiro atoms. The number of carbonyl (C=O) groups is 1. The minimum atomic E-state index is -3.78. The maximum atomic E-state index is 12.4. The Labute approximate surface area is 148 Å². The summed E-state index contributed by atoms with van der Waals surface area (Å²) < 4.78 is 27.2. The van der Waals surface area contributed by atoms with Gasteiger partial charge in [0.2, 0.25) is 0 Å². The van der Waals surface area contributed by atoms with Gasteiger partial charge in [0.05, 0.1) is 11.3 Å². The highest BCUT2D eigenvalue weighted by Gasteiger charge is 2.17. The summed E-state index contributed by atoms with van der Waals surface area (Å²) in [4.78, 5) is 15.2. The molecule has 0 aliphatic rings. The van der Waals surface area contributed by atoms with Crippen molar-refractivity contribution in [1.29, 1.82) is 0 Å². The molecule has 2 aromatic carbocycles. The number of nitrogens with one attached hydrogen (secondary N) is 1. The number of carboxylic acid groups (broad SMARTS) is 1. The van der Waals surface area contributed by atoms with Crippen LogP contribution in [-0.4, -0.2) is 24.5 Å². The van der Waals surface area contributed by atoms with Gasteiger partial charge in [0.15, 0.2) is 5.13 Å². The molecule has 0 bridgehead atoms. The van der Waals surface area contributed by atoms with Crippen LogP contribution in [0.3, 0.4) is 0 Å². The third kappa shape index (κ3) is 4.23. The van der Waals surface area contributed by atoms with Gasteiger partial charge in [-0.05, 0) is 23.3 Å². The summed E-state index contributed by atoms with van der Waals surface area (Å²) >= 11 is 1.00. The topological polar surface area (TPSA) is 96.4 Å². The Morgan fingerprint density at radius 2 is 1.68 bits per heavy atom. The minimum absolute atomic E-state index is 0.113. The lowest BCUT2D eigenvalue weighted by Gasteiger charge is -2.06. The summed E-state index contributed by atoms with van der Waals surface area (Å²) in [5.74, 6) is -0.991. The number of aromatic nitrogens is 1. The lowest BCUT2D eigenvalue weighted by molar-refractivity contribution is -0.136. The maximum Gasteiger partial charge on any atom is 0.308 e. The Hall–Kier alpha value is -2.71. The zero-order valence-electron chi connectivity index (χ0n) is 12.9. The standard InChI is InChI=1S/C17H14N2O4S2/c20-16(21)10-14-11-18-17(24-14)19-25(22,23)15-8-6-13(7-9-15)12-4-2-1-3-5-12/h1-9,11H,10H2,(H,18,19)(H,20,21). The van der Waals surface area contributed by atoms with Crippen LogP contribution in [0.5, 0.6) is 0 Å².